The van der Waals surface area contributed by atoms with Gasteiger partial charge in [0.2, 0.25) is 5.91 Å². The number of amides is 2. The molecule has 124 valence electrons. The van der Waals surface area contributed by atoms with Crippen LogP contribution in [0, 0.1) is 0 Å². The third kappa shape index (κ3) is 2.65. The molecule has 3 N–H and O–H groups in total. The first-order chi connectivity index (χ1) is 12.1. The Morgan fingerprint density at radius 1 is 0.920 bits per heavy atom. The Kier molecular flexibility index (Phi) is 3.53. The van der Waals surface area contributed by atoms with Gasteiger partial charge in [0.15, 0.2) is 5.78 Å². The number of pyridine rings is 1. The average molecular weight is 334 g/mol. The van der Waals surface area contributed by atoms with Crippen molar-refractivity contribution in [2.75, 3.05) is 5.32 Å². The van der Waals surface area contributed by atoms with E-state index in [-0.39, 0.29) is 11.5 Å². The highest BCUT2D eigenvalue weighted by molar-refractivity contribution is 6.16. The van der Waals surface area contributed by atoms with E-state index < -0.39 is 23.9 Å². The Morgan fingerprint density at radius 3 is 2.48 bits per heavy atom. The van der Waals surface area contributed by atoms with Gasteiger partial charge < -0.3 is 16.0 Å². The third-order valence-electron chi connectivity index (χ3n) is 4.17. The quantitative estimate of drug-likeness (QED) is 0.703. The molecule has 2 atom stereocenters. The zero-order chi connectivity index (χ0) is 17.4. The highest BCUT2D eigenvalue weighted by Crippen LogP contribution is 2.27. The number of hydrogen-bond donors (Lipinski definition) is 3. The zero-order valence-corrected chi connectivity index (χ0v) is 13.0. The van der Waals surface area contributed by atoms with Gasteiger partial charge in [0.1, 0.15) is 17.8 Å². The van der Waals surface area contributed by atoms with Crippen molar-refractivity contribution in [1.82, 2.24) is 15.6 Å². The molecule has 1 aromatic carbocycles. The van der Waals surface area contributed by atoms with Crippen LogP contribution in [0.3, 0.4) is 0 Å². The lowest BCUT2D eigenvalue weighted by atomic mass is 9.99. The Bertz CT molecular complexity index is 908. The molecule has 0 radical (unpaired) electrons. The summed E-state index contributed by atoms with van der Waals surface area (Å²) in [7, 11) is 0. The molecule has 3 heterocycles. The molecule has 2 unspecified atom stereocenters. The topological polar surface area (TPSA) is 100 Å². The molecule has 7 nitrogen and oxygen atoms in total. The molecule has 2 amide bonds. The first-order valence-corrected chi connectivity index (χ1v) is 7.78. The highest BCUT2D eigenvalue weighted by atomic mass is 16.2. The molecule has 0 aliphatic carbocycles. The number of nitrogens with zero attached hydrogens (tertiary/aromatic N) is 1. The summed E-state index contributed by atoms with van der Waals surface area (Å²) in [5.74, 6) is -1.12. The maximum atomic E-state index is 12.5. The fourth-order valence-electron chi connectivity index (χ4n) is 2.96. The van der Waals surface area contributed by atoms with Gasteiger partial charge >= 0.3 is 0 Å². The first-order valence-electron chi connectivity index (χ1n) is 7.78. The normalized spacial score (nSPS) is 23.7. The first kappa shape index (κ1) is 15.1. The Morgan fingerprint density at radius 2 is 1.72 bits per heavy atom. The van der Waals surface area contributed by atoms with Crippen LogP contribution in [0.1, 0.15) is 16.1 Å². The van der Waals surface area contributed by atoms with Gasteiger partial charge in [-0.2, -0.15) is 0 Å². The summed E-state index contributed by atoms with van der Waals surface area (Å²) in [6.07, 6.45) is 3.08. The maximum Gasteiger partial charge on any atom is 0.268 e. The monoisotopic (exact) mass is 334 g/mol. The van der Waals surface area contributed by atoms with E-state index in [1.807, 2.05) is 0 Å². The van der Waals surface area contributed by atoms with Gasteiger partial charge in [-0.1, -0.05) is 18.2 Å². The number of ketones is 1. The van der Waals surface area contributed by atoms with E-state index in [0.29, 0.717) is 16.9 Å². The van der Waals surface area contributed by atoms with Gasteiger partial charge in [-0.25, -0.2) is 0 Å². The maximum absolute atomic E-state index is 12.5. The van der Waals surface area contributed by atoms with Crippen LogP contribution in [0.15, 0.2) is 54.4 Å². The van der Waals surface area contributed by atoms with E-state index in [1.54, 1.807) is 48.7 Å². The van der Waals surface area contributed by atoms with Crippen molar-refractivity contribution in [3.8, 4) is 0 Å². The number of benzene rings is 1. The smallest absolute Gasteiger partial charge is 0.268 e. The predicted molar refractivity (Wildman–Crippen MR) is 90.5 cm³/mol. The van der Waals surface area contributed by atoms with Crippen LogP contribution in [-0.4, -0.2) is 34.7 Å². The van der Waals surface area contributed by atoms with Crippen LogP contribution < -0.4 is 16.0 Å². The van der Waals surface area contributed by atoms with E-state index in [2.05, 4.69) is 20.9 Å². The second-order valence-electron chi connectivity index (χ2n) is 5.78. The molecule has 7 heteroatoms. The Hall–Kier alpha value is -3.48. The molecule has 0 bridgehead atoms. The van der Waals surface area contributed by atoms with Crippen LogP contribution in [-0.2, 0) is 9.59 Å². The van der Waals surface area contributed by atoms with Crippen LogP contribution in [0.25, 0.3) is 6.08 Å². The SMILES string of the molecule is O=C1NC(C2Nc3ccccc3C2=O)C(=O)NC1=Cc1ccccn1. The number of aromatic nitrogens is 1. The lowest BCUT2D eigenvalue weighted by Gasteiger charge is -2.28. The van der Waals surface area contributed by atoms with E-state index in [4.69, 9.17) is 0 Å². The van der Waals surface area contributed by atoms with Crippen molar-refractivity contribution in [2.45, 2.75) is 12.1 Å². The lowest BCUT2D eigenvalue weighted by molar-refractivity contribution is -0.131. The number of carbonyl (C=O) groups excluding carboxylic acids is 3. The number of para-hydroxylation sites is 1. The molecule has 2 aliphatic heterocycles. The van der Waals surface area contributed by atoms with Crippen LogP contribution in [0.5, 0.6) is 0 Å². The van der Waals surface area contributed by atoms with Gasteiger partial charge in [-0.3, -0.25) is 19.4 Å². The van der Waals surface area contributed by atoms with Crippen molar-refractivity contribution in [2.24, 2.45) is 0 Å². The van der Waals surface area contributed by atoms with Gasteiger partial charge in [0.05, 0.1) is 5.69 Å². The summed E-state index contributed by atoms with van der Waals surface area (Å²) in [6.45, 7) is 0. The number of nitrogens with one attached hydrogen (secondary N) is 3. The molecule has 25 heavy (non-hydrogen) atoms. The molecule has 2 aliphatic rings. The molecule has 1 fully saturated rings. The largest absolute Gasteiger partial charge is 0.372 e. The lowest BCUT2D eigenvalue weighted by Crippen LogP contribution is -2.62. The molecule has 0 saturated carbocycles. The molecule has 2 aromatic rings. The van der Waals surface area contributed by atoms with Gasteiger partial charge in [0.25, 0.3) is 5.91 Å². The fourth-order valence-corrected chi connectivity index (χ4v) is 2.96. The molecule has 4 rings (SSSR count). The molecule has 0 spiro atoms. The second kappa shape index (κ2) is 5.86. The molecule has 1 aromatic heterocycles. The minimum atomic E-state index is -0.978. The number of Topliss-reactive ketones (excluding diaryl/α,β-unsaturated/α-hetero) is 1. The fraction of sp³-hybridized carbons (Fsp3) is 0.111. The Labute approximate surface area is 143 Å². The van der Waals surface area contributed by atoms with Crippen LogP contribution >= 0.6 is 0 Å². The van der Waals surface area contributed by atoms with Crippen molar-refractivity contribution in [3.63, 3.8) is 0 Å². The minimum absolute atomic E-state index is 0.0999. The minimum Gasteiger partial charge on any atom is -0.372 e. The number of anilines is 1. The molecule has 1 saturated heterocycles. The number of fused-ring (bicyclic) bond motifs is 1. The van der Waals surface area contributed by atoms with Crippen molar-refractivity contribution in [1.29, 1.82) is 0 Å². The van der Waals surface area contributed by atoms with Gasteiger partial charge in [-0.05, 0) is 30.3 Å². The predicted octanol–water partition coefficient (Wildman–Crippen LogP) is 0.714. The van der Waals surface area contributed by atoms with Crippen molar-refractivity contribution < 1.29 is 14.4 Å². The summed E-state index contributed by atoms with van der Waals surface area (Å²) in [5.41, 5.74) is 1.83. The standard InChI is InChI=1S/C18H14N4O3/c23-16-11-6-1-2-7-12(11)20-14(16)15-18(25)21-13(17(24)22-15)9-10-5-3-4-8-19-10/h1-9,14-15,20H,(H,21,25)(H,22,24). The number of piperazine rings is 1. The van der Waals surface area contributed by atoms with E-state index in [1.165, 1.54) is 6.08 Å². The van der Waals surface area contributed by atoms with Crippen LogP contribution in [0.4, 0.5) is 5.69 Å². The van der Waals surface area contributed by atoms with E-state index in [0.717, 1.165) is 0 Å². The summed E-state index contributed by atoms with van der Waals surface area (Å²) >= 11 is 0. The number of rotatable bonds is 2. The summed E-state index contributed by atoms with van der Waals surface area (Å²) in [6, 6.07) is 10.5. The molecular weight excluding hydrogens is 320 g/mol. The van der Waals surface area contributed by atoms with E-state index in [9.17, 15) is 14.4 Å². The van der Waals surface area contributed by atoms with E-state index >= 15 is 0 Å². The summed E-state index contributed by atoms with van der Waals surface area (Å²) in [5, 5.41) is 8.19. The van der Waals surface area contributed by atoms with Crippen molar-refractivity contribution >= 4 is 29.4 Å². The Balaban J connectivity index is 1.56. The van der Waals surface area contributed by atoms with Crippen molar-refractivity contribution in [3.05, 3.63) is 65.6 Å². The number of carbonyl (C=O) groups is 3. The van der Waals surface area contributed by atoms with Gasteiger partial charge in [-0.15, -0.1) is 0 Å². The summed E-state index contributed by atoms with van der Waals surface area (Å²) < 4.78 is 0. The second-order valence-corrected chi connectivity index (χ2v) is 5.78. The highest BCUT2D eigenvalue weighted by Gasteiger charge is 2.43. The zero-order valence-electron chi connectivity index (χ0n) is 13.0. The third-order valence-corrected chi connectivity index (χ3v) is 4.17. The summed E-state index contributed by atoms with van der Waals surface area (Å²) in [4.78, 5) is 41.4. The van der Waals surface area contributed by atoms with Gasteiger partial charge in [0, 0.05) is 17.4 Å². The number of hydrogen-bond acceptors (Lipinski definition) is 5. The van der Waals surface area contributed by atoms with Crippen LogP contribution in [0.2, 0.25) is 0 Å². The average Bonchev–Trinajstić information content (AvgIpc) is 2.96. The molecular formula is C18H14N4O3.